The van der Waals surface area contributed by atoms with Gasteiger partial charge >= 0.3 is 0 Å². The number of hydrogen-bond donors (Lipinski definition) is 2. The zero-order valence-electron chi connectivity index (χ0n) is 9.85. The normalized spacial score (nSPS) is 10.3. The monoisotopic (exact) mass is 264 g/mol. The van der Waals surface area contributed by atoms with Crippen molar-refractivity contribution in [1.29, 1.82) is 0 Å². The smallest absolute Gasteiger partial charge is 0.258 e. The number of aryl methyl sites for hydroxylation is 1. The van der Waals surface area contributed by atoms with E-state index in [2.05, 4.69) is 10.4 Å². The van der Waals surface area contributed by atoms with Gasteiger partial charge in [-0.3, -0.25) is 9.48 Å². The highest BCUT2D eigenvalue weighted by molar-refractivity contribution is 6.31. The summed E-state index contributed by atoms with van der Waals surface area (Å²) in [5.74, 6) is 0.196. The summed E-state index contributed by atoms with van der Waals surface area (Å²) >= 11 is 5.78. The minimum absolute atomic E-state index is 0.300. The number of carbonyl (C=O) groups is 1. The van der Waals surface area contributed by atoms with Crippen LogP contribution in [0.5, 0.6) is 0 Å². The highest BCUT2D eigenvalue weighted by atomic mass is 35.5. The number of rotatable bonds is 3. The molecule has 0 atom stereocenters. The van der Waals surface area contributed by atoms with Crippen molar-refractivity contribution in [3.63, 3.8) is 0 Å². The zero-order valence-corrected chi connectivity index (χ0v) is 10.6. The van der Waals surface area contributed by atoms with E-state index in [-0.39, 0.29) is 5.91 Å². The van der Waals surface area contributed by atoms with Crippen molar-refractivity contribution < 1.29 is 4.79 Å². The standard InChI is InChI=1S/C12H13ClN4O/c1-2-17-6-5-11(16-17)15-12(18)9-4-3-8(13)7-10(9)14/h3-7H,2,14H2,1H3,(H,15,16,18). The van der Waals surface area contributed by atoms with Gasteiger partial charge in [-0.1, -0.05) is 11.6 Å². The van der Waals surface area contributed by atoms with Crippen molar-refractivity contribution in [3.8, 4) is 0 Å². The molecule has 5 nitrogen and oxygen atoms in total. The SMILES string of the molecule is CCn1ccc(NC(=O)c2ccc(Cl)cc2N)n1. The molecule has 0 aliphatic carbocycles. The van der Waals surface area contributed by atoms with E-state index in [1.807, 2.05) is 6.92 Å². The molecule has 0 saturated carbocycles. The van der Waals surface area contributed by atoms with Crippen LogP contribution < -0.4 is 11.1 Å². The van der Waals surface area contributed by atoms with Crippen LogP contribution in [0.2, 0.25) is 5.02 Å². The van der Waals surface area contributed by atoms with Gasteiger partial charge < -0.3 is 11.1 Å². The van der Waals surface area contributed by atoms with Crippen LogP contribution in [0.1, 0.15) is 17.3 Å². The van der Waals surface area contributed by atoms with Gasteiger partial charge in [-0.2, -0.15) is 5.10 Å². The van der Waals surface area contributed by atoms with Gasteiger partial charge in [0.05, 0.1) is 5.56 Å². The van der Waals surface area contributed by atoms with Gasteiger partial charge in [-0.25, -0.2) is 0 Å². The van der Waals surface area contributed by atoms with Crippen molar-refractivity contribution in [2.45, 2.75) is 13.5 Å². The molecule has 94 valence electrons. The summed E-state index contributed by atoms with van der Waals surface area (Å²) in [6, 6.07) is 6.48. The molecule has 6 heteroatoms. The number of aromatic nitrogens is 2. The Bertz CT molecular complexity index is 579. The molecular weight excluding hydrogens is 252 g/mol. The molecule has 1 aromatic carbocycles. The molecule has 1 amide bonds. The van der Waals surface area contributed by atoms with Crippen LogP contribution in [0.3, 0.4) is 0 Å². The number of anilines is 2. The van der Waals surface area contributed by atoms with Crippen LogP contribution in [0.4, 0.5) is 11.5 Å². The number of nitrogens with two attached hydrogens (primary N) is 1. The van der Waals surface area contributed by atoms with Gasteiger partial charge in [0.15, 0.2) is 5.82 Å². The molecule has 0 spiro atoms. The average Bonchev–Trinajstić information content (AvgIpc) is 2.76. The third-order valence-corrected chi connectivity index (χ3v) is 2.70. The second-order valence-corrected chi connectivity index (χ2v) is 4.18. The summed E-state index contributed by atoms with van der Waals surface area (Å²) in [4.78, 5) is 12.0. The van der Waals surface area contributed by atoms with E-state index in [1.165, 1.54) is 0 Å². The molecule has 18 heavy (non-hydrogen) atoms. The summed E-state index contributed by atoms with van der Waals surface area (Å²) in [6.07, 6.45) is 1.79. The Kier molecular flexibility index (Phi) is 3.53. The van der Waals surface area contributed by atoms with Crippen molar-refractivity contribution in [3.05, 3.63) is 41.0 Å². The fourth-order valence-electron chi connectivity index (χ4n) is 1.53. The van der Waals surface area contributed by atoms with Gasteiger partial charge in [0.25, 0.3) is 5.91 Å². The quantitative estimate of drug-likeness (QED) is 0.836. The first-order valence-corrected chi connectivity index (χ1v) is 5.87. The van der Waals surface area contributed by atoms with Gasteiger partial charge in [0, 0.05) is 29.5 Å². The fourth-order valence-corrected chi connectivity index (χ4v) is 1.71. The van der Waals surface area contributed by atoms with Crippen molar-refractivity contribution in [1.82, 2.24) is 9.78 Å². The Morgan fingerprint density at radius 3 is 2.89 bits per heavy atom. The largest absolute Gasteiger partial charge is 0.398 e. The Labute approximate surface area is 110 Å². The second-order valence-electron chi connectivity index (χ2n) is 3.74. The summed E-state index contributed by atoms with van der Waals surface area (Å²) < 4.78 is 1.72. The maximum atomic E-state index is 12.0. The molecule has 0 aliphatic heterocycles. The topological polar surface area (TPSA) is 72.9 Å². The van der Waals surface area contributed by atoms with Crippen LogP contribution >= 0.6 is 11.6 Å². The molecule has 3 N–H and O–H groups in total. The van der Waals surface area contributed by atoms with Crippen LogP contribution in [0, 0.1) is 0 Å². The minimum Gasteiger partial charge on any atom is -0.398 e. The molecule has 0 saturated heterocycles. The molecule has 2 rings (SSSR count). The lowest BCUT2D eigenvalue weighted by Gasteiger charge is -2.05. The van der Waals surface area contributed by atoms with E-state index in [1.54, 1.807) is 35.1 Å². The molecule has 0 fully saturated rings. The second kappa shape index (κ2) is 5.10. The average molecular weight is 265 g/mol. The predicted molar refractivity (Wildman–Crippen MR) is 71.7 cm³/mol. The first-order valence-electron chi connectivity index (χ1n) is 5.50. The van der Waals surface area contributed by atoms with Gasteiger partial charge in [-0.15, -0.1) is 0 Å². The number of nitrogen functional groups attached to an aromatic ring is 1. The maximum absolute atomic E-state index is 12.0. The number of nitrogens with one attached hydrogen (secondary N) is 1. The van der Waals surface area contributed by atoms with Crippen molar-refractivity contribution >= 4 is 29.0 Å². The zero-order chi connectivity index (χ0) is 13.1. The third kappa shape index (κ3) is 2.62. The minimum atomic E-state index is -0.300. The van der Waals surface area contributed by atoms with E-state index in [9.17, 15) is 4.79 Å². The molecule has 1 heterocycles. The Balaban J connectivity index is 2.16. The van der Waals surface area contributed by atoms with Crippen LogP contribution in [-0.2, 0) is 6.54 Å². The van der Waals surface area contributed by atoms with Crippen molar-refractivity contribution in [2.24, 2.45) is 0 Å². The Hall–Kier alpha value is -2.01. The number of hydrogen-bond acceptors (Lipinski definition) is 3. The van der Waals surface area contributed by atoms with Gasteiger partial charge in [0.1, 0.15) is 0 Å². The van der Waals surface area contributed by atoms with Crippen molar-refractivity contribution in [2.75, 3.05) is 11.1 Å². The third-order valence-electron chi connectivity index (χ3n) is 2.46. The van der Waals surface area contributed by atoms with E-state index in [4.69, 9.17) is 17.3 Å². The maximum Gasteiger partial charge on any atom is 0.258 e. The lowest BCUT2D eigenvalue weighted by atomic mass is 10.1. The molecular formula is C12H13ClN4O. The van der Waals surface area contributed by atoms with Crippen LogP contribution in [-0.4, -0.2) is 15.7 Å². The van der Waals surface area contributed by atoms with Gasteiger partial charge in [0.2, 0.25) is 0 Å². The van der Waals surface area contributed by atoms with E-state index >= 15 is 0 Å². The van der Waals surface area contributed by atoms with E-state index < -0.39 is 0 Å². The van der Waals surface area contributed by atoms with Crippen LogP contribution in [0.25, 0.3) is 0 Å². The molecule has 0 aliphatic rings. The number of nitrogens with zero attached hydrogens (tertiary/aromatic N) is 2. The Morgan fingerprint density at radius 2 is 2.28 bits per heavy atom. The molecule has 0 radical (unpaired) electrons. The molecule has 0 bridgehead atoms. The van der Waals surface area contributed by atoms with Gasteiger partial charge in [-0.05, 0) is 25.1 Å². The lowest BCUT2D eigenvalue weighted by Crippen LogP contribution is -2.14. The first-order chi connectivity index (χ1) is 8.60. The predicted octanol–water partition coefficient (Wildman–Crippen LogP) is 2.39. The molecule has 2 aromatic rings. The highest BCUT2D eigenvalue weighted by Crippen LogP contribution is 2.19. The summed E-state index contributed by atoms with van der Waals surface area (Å²) in [6.45, 7) is 2.72. The van der Waals surface area contributed by atoms with E-state index in [0.29, 0.717) is 22.1 Å². The fraction of sp³-hybridized carbons (Fsp3) is 0.167. The Morgan fingerprint density at radius 1 is 1.50 bits per heavy atom. The number of halogens is 1. The molecule has 1 aromatic heterocycles. The van der Waals surface area contributed by atoms with E-state index in [0.717, 1.165) is 6.54 Å². The first kappa shape index (κ1) is 12.4. The number of benzene rings is 1. The number of amides is 1. The lowest BCUT2D eigenvalue weighted by molar-refractivity contribution is 0.102. The molecule has 0 unspecified atom stereocenters. The summed E-state index contributed by atoms with van der Waals surface area (Å²) in [5, 5.41) is 7.34. The van der Waals surface area contributed by atoms with Crippen LogP contribution in [0.15, 0.2) is 30.5 Å². The highest BCUT2D eigenvalue weighted by Gasteiger charge is 2.11. The number of carbonyl (C=O) groups excluding carboxylic acids is 1. The summed E-state index contributed by atoms with van der Waals surface area (Å²) in [7, 11) is 0. The summed E-state index contributed by atoms with van der Waals surface area (Å²) in [5.41, 5.74) is 6.46.